The standard InChI is InChI=1S/C36H33N.2C2H6/c1-5-14-28(7-3)31-22-24-34(25-23-31)37(35-20-12-18-32(26-35)29(8-4)15-6-2)36-21-13-19-33(27-36)30-16-10-9-11-17-30;2*1-2/h5-27H,1,3H2,2,4H3;2*1-2H3/b15-6-,28-14+,29-8+;;. The van der Waals surface area contributed by atoms with E-state index in [1.807, 2.05) is 39.8 Å². The smallest absolute Gasteiger partial charge is 0.0467 e. The van der Waals surface area contributed by atoms with Crippen LogP contribution < -0.4 is 4.90 Å². The largest absolute Gasteiger partial charge is 0.310 e. The minimum atomic E-state index is 1.05. The third kappa shape index (κ3) is 8.68. The molecule has 0 radical (unpaired) electrons. The van der Waals surface area contributed by atoms with Crippen LogP contribution in [0, 0.1) is 0 Å². The van der Waals surface area contributed by atoms with Crippen molar-refractivity contribution in [2.75, 3.05) is 4.90 Å². The highest BCUT2D eigenvalue weighted by Gasteiger charge is 2.15. The van der Waals surface area contributed by atoms with Gasteiger partial charge in [-0.15, -0.1) is 0 Å². The molecular weight excluding hydrogens is 494 g/mol. The minimum Gasteiger partial charge on any atom is -0.310 e. The van der Waals surface area contributed by atoms with Crippen molar-refractivity contribution in [3.8, 4) is 11.1 Å². The Balaban J connectivity index is 0.00000141. The second kappa shape index (κ2) is 17.9. The Bertz CT molecular complexity index is 1450. The van der Waals surface area contributed by atoms with Gasteiger partial charge in [0.15, 0.2) is 0 Å². The maximum absolute atomic E-state index is 3.96. The lowest BCUT2D eigenvalue weighted by Crippen LogP contribution is -2.10. The van der Waals surface area contributed by atoms with Crippen LogP contribution in [-0.2, 0) is 0 Å². The number of rotatable bonds is 9. The molecule has 0 spiro atoms. The summed E-state index contributed by atoms with van der Waals surface area (Å²) < 4.78 is 0. The van der Waals surface area contributed by atoms with Crippen LogP contribution in [0.5, 0.6) is 0 Å². The Hall–Kier alpha value is -4.62. The number of benzene rings is 4. The van der Waals surface area contributed by atoms with Crippen molar-refractivity contribution in [2.45, 2.75) is 41.5 Å². The van der Waals surface area contributed by atoms with E-state index in [1.54, 1.807) is 6.08 Å². The Morgan fingerprint density at radius 2 is 1.20 bits per heavy atom. The number of hydrogen-bond donors (Lipinski definition) is 0. The highest BCUT2D eigenvalue weighted by molar-refractivity contribution is 5.84. The lowest BCUT2D eigenvalue weighted by Gasteiger charge is -2.27. The molecule has 0 aliphatic rings. The number of allylic oxidation sites excluding steroid dienone is 8. The van der Waals surface area contributed by atoms with E-state index in [1.165, 1.54) is 22.3 Å². The zero-order valence-corrected chi connectivity index (χ0v) is 25.6. The molecule has 4 aromatic carbocycles. The first-order chi connectivity index (χ1) is 20.2. The lowest BCUT2D eigenvalue weighted by molar-refractivity contribution is 1.28. The van der Waals surface area contributed by atoms with Crippen LogP contribution in [0.1, 0.15) is 52.7 Å². The van der Waals surface area contributed by atoms with Crippen LogP contribution in [0.3, 0.4) is 0 Å². The molecule has 0 saturated carbocycles. The Morgan fingerprint density at radius 3 is 1.78 bits per heavy atom. The normalized spacial score (nSPS) is 11.1. The van der Waals surface area contributed by atoms with Crippen molar-refractivity contribution in [1.82, 2.24) is 0 Å². The summed E-state index contributed by atoms with van der Waals surface area (Å²) in [7, 11) is 0. The molecular formula is C40H45N. The van der Waals surface area contributed by atoms with E-state index >= 15 is 0 Å². The van der Waals surface area contributed by atoms with Gasteiger partial charge in [-0.1, -0.05) is 144 Å². The van der Waals surface area contributed by atoms with Gasteiger partial charge in [0, 0.05) is 17.1 Å². The predicted molar refractivity (Wildman–Crippen MR) is 186 cm³/mol. The molecule has 0 aromatic heterocycles. The molecule has 0 bridgehead atoms. The summed E-state index contributed by atoms with van der Waals surface area (Å²) in [5, 5.41) is 0. The van der Waals surface area contributed by atoms with E-state index in [2.05, 4.69) is 153 Å². The maximum Gasteiger partial charge on any atom is 0.0467 e. The first kappa shape index (κ1) is 32.6. The monoisotopic (exact) mass is 539 g/mol. The summed E-state index contributed by atoms with van der Waals surface area (Å²) in [4.78, 5) is 2.31. The van der Waals surface area contributed by atoms with Gasteiger partial charge in [-0.25, -0.2) is 0 Å². The molecule has 0 atom stereocenters. The van der Waals surface area contributed by atoms with Gasteiger partial charge in [0.1, 0.15) is 0 Å². The van der Waals surface area contributed by atoms with Crippen LogP contribution >= 0.6 is 0 Å². The maximum atomic E-state index is 3.96. The molecule has 0 N–H and O–H groups in total. The average molecular weight is 540 g/mol. The van der Waals surface area contributed by atoms with Gasteiger partial charge in [-0.05, 0) is 83.6 Å². The second-order valence-corrected chi connectivity index (χ2v) is 8.65. The number of nitrogens with zero attached hydrogens (tertiary/aromatic N) is 1. The Morgan fingerprint density at radius 1 is 0.585 bits per heavy atom. The van der Waals surface area contributed by atoms with Gasteiger partial charge in [-0.3, -0.25) is 0 Å². The Kier molecular flexibility index (Phi) is 14.2. The van der Waals surface area contributed by atoms with Gasteiger partial charge in [0.2, 0.25) is 0 Å². The zero-order chi connectivity index (χ0) is 30.0. The molecule has 210 valence electrons. The predicted octanol–water partition coefficient (Wildman–Crippen LogP) is 12.6. The van der Waals surface area contributed by atoms with Crippen molar-refractivity contribution >= 4 is 28.2 Å². The molecule has 0 fully saturated rings. The summed E-state index contributed by atoms with van der Waals surface area (Å²) in [6.07, 6.45) is 12.0. The van der Waals surface area contributed by atoms with Crippen molar-refractivity contribution in [2.24, 2.45) is 0 Å². The molecule has 0 aliphatic carbocycles. The van der Waals surface area contributed by atoms with E-state index in [9.17, 15) is 0 Å². The summed E-state index contributed by atoms with van der Waals surface area (Å²) in [6.45, 7) is 19.9. The Labute approximate surface area is 249 Å². The van der Waals surface area contributed by atoms with Crippen LogP contribution in [0.2, 0.25) is 0 Å². The minimum absolute atomic E-state index is 1.05. The van der Waals surface area contributed by atoms with Crippen molar-refractivity contribution < 1.29 is 0 Å². The molecule has 4 rings (SSSR count). The fourth-order valence-electron chi connectivity index (χ4n) is 4.48. The molecule has 0 saturated heterocycles. The summed E-state index contributed by atoms with van der Waals surface area (Å²) in [6, 6.07) is 36.6. The molecule has 4 aromatic rings. The van der Waals surface area contributed by atoms with Gasteiger partial charge in [-0.2, -0.15) is 0 Å². The highest BCUT2D eigenvalue weighted by Crippen LogP contribution is 2.38. The third-order valence-corrected chi connectivity index (χ3v) is 6.28. The second-order valence-electron chi connectivity index (χ2n) is 8.65. The number of hydrogen-bond acceptors (Lipinski definition) is 1. The summed E-state index contributed by atoms with van der Waals surface area (Å²) in [5.74, 6) is 0. The highest BCUT2D eigenvalue weighted by atomic mass is 15.1. The van der Waals surface area contributed by atoms with Gasteiger partial charge >= 0.3 is 0 Å². The molecule has 1 heteroatoms. The van der Waals surface area contributed by atoms with Crippen LogP contribution in [0.4, 0.5) is 17.1 Å². The van der Waals surface area contributed by atoms with Gasteiger partial charge in [0.05, 0.1) is 0 Å². The summed E-state index contributed by atoms with van der Waals surface area (Å²) in [5.41, 5.74) is 10.2. The van der Waals surface area contributed by atoms with Gasteiger partial charge in [0.25, 0.3) is 0 Å². The van der Waals surface area contributed by atoms with E-state index < -0.39 is 0 Å². The summed E-state index contributed by atoms with van der Waals surface area (Å²) >= 11 is 0. The molecule has 1 nitrogen and oxygen atoms in total. The van der Waals surface area contributed by atoms with E-state index in [-0.39, 0.29) is 0 Å². The SMILES string of the molecule is C=C/C=C(\C=C)c1ccc(N(c2cccc(C(/C=C\C)=C/C)c2)c2cccc(-c3ccccc3)c2)cc1.CC.CC. The zero-order valence-electron chi connectivity index (χ0n) is 25.6. The average Bonchev–Trinajstić information content (AvgIpc) is 3.05. The van der Waals surface area contributed by atoms with Crippen LogP contribution in [-0.4, -0.2) is 0 Å². The van der Waals surface area contributed by atoms with Crippen molar-refractivity contribution in [3.63, 3.8) is 0 Å². The first-order valence-electron chi connectivity index (χ1n) is 14.6. The number of anilines is 3. The van der Waals surface area contributed by atoms with Crippen molar-refractivity contribution in [3.05, 3.63) is 164 Å². The first-order valence-corrected chi connectivity index (χ1v) is 14.6. The van der Waals surface area contributed by atoms with E-state index in [4.69, 9.17) is 0 Å². The topological polar surface area (TPSA) is 3.24 Å². The van der Waals surface area contributed by atoms with Gasteiger partial charge < -0.3 is 4.90 Å². The lowest BCUT2D eigenvalue weighted by atomic mass is 10.0. The quantitative estimate of drug-likeness (QED) is 0.191. The molecule has 41 heavy (non-hydrogen) atoms. The van der Waals surface area contributed by atoms with Crippen molar-refractivity contribution in [1.29, 1.82) is 0 Å². The fourth-order valence-corrected chi connectivity index (χ4v) is 4.48. The van der Waals surface area contributed by atoms with E-state index in [0.717, 1.165) is 28.2 Å². The van der Waals surface area contributed by atoms with Crippen LogP contribution in [0.15, 0.2) is 153 Å². The third-order valence-electron chi connectivity index (χ3n) is 6.28. The molecule has 0 heterocycles. The molecule has 0 aliphatic heterocycles. The molecule has 0 amide bonds. The fraction of sp³-hybridized carbons (Fsp3) is 0.150. The van der Waals surface area contributed by atoms with E-state index in [0.29, 0.717) is 0 Å². The molecule has 0 unspecified atom stereocenters. The van der Waals surface area contributed by atoms with Crippen LogP contribution in [0.25, 0.3) is 22.3 Å².